The maximum Gasteiger partial charge on any atom is 0.216 e. The zero-order chi connectivity index (χ0) is 13.7. The van der Waals surface area contributed by atoms with Gasteiger partial charge in [-0.1, -0.05) is 0 Å². The summed E-state index contributed by atoms with van der Waals surface area (Å²) < 4.78 is 0. The van der Waals surface area contributed by atoms with Gasteiger partial charge in [0.15, 0.2) is 5.82 Å². The molecule has 106 valence electrons. The number of azo groups is 1. The lowest BCUT2D eigenvalue weighted by atomic mass is 9.54. The van der Waals surface area contributed by atoms with Gasteiger partial charge in [0.1, 0.15) is 5.82 Å². The Morgan fingerprint density at radius 3 is 2.25 bits per heavy atom. The Kier molecular flexibility index (Phi) is 2.65. The Morgan fingerprint density at radius 2 is 1.65 bits per heavy atom. The van der Waals surface area contributed by atoms with Gasteiger partial charge in [0.2, 0.25) is 5.82 Å². The first-order chi connectivity index (χ1) is 9.69. The summed E-state index contributed by atoms with van der Waals surface area (Å²) in [6.45, 7) is 0. The zero-order valence-electron chi connectivity index (χ0n) is 11.4. The third-order valence-electron chi connectivity index (χ3n) is 5.26. The summed E-state index contributed by atoms with van der Waals surface area (Å²) in [5.41, 5.74) is 11.3. The summed E-state index contributed by atoms with van der Waals surface area (Å²) in [4.78, 5) is 8.07. The third-order valence-corrected chi connectivity index (χ3v) is 5.26. The van der Waals surface area contributed by atoms with Crippen LogP contribution in [0.3, 0.4) is 0 Å². The molecule has 6 heteroatoms. The lowest BCUT2D eigenvalue weighted by Gasteiger charge is -2.52. The molecule has 20 heavy (non-hydrogen) atoms. The molecule has 1 aromatic rings. The van der Waals surface area contributed by atoms with Crippen molar-refractivity contribution < 1.29 is 0 Å². The first kappa shape index (κ1) is 12.1. The van der Waals surface area contributed by atoms with Crippen LogP contribution in [0.2, 0.25) is 0 Å². The number of aromatic nitrogens is 2. The summed E-state index contributed by atoms with van der Waals surface area (Å²) in [6.07, 6.45) is 8.26. The van der Waals surface area contributed by atoms with E-state index in [4.69, 9.17) is 11.5 Å². The number of nitrogen functional groups attached to an aromatic ring is 2. The molecule has 4 fully saturated rings. The van der Waals surface area contributed by atoms with E-state index in [0.717, 1.165) is 23.7 Å². The van der Waals surface area contributed by atoms with Crippen LogP contribution < -0.4 is 11.5 Å². The highest BCUT2D eigenvalue weighted by Gasteiger charge is 2.48. The molecule has 4 bridgehead atoms. The van der Waals surface area contributed by atoms with Crippen LogP contribution in [0.4, 0.5) is 17.5 Å². The molecule has 4 saturated carbocycles. The molecular formula is C14H20N6. The normalized spacial score (nSPS) is 38.7. The maximum atomic E-state index is 5.77. The zero-order valence-corrected chi connectivity index (χ0v) is 11.4. The number of hydrogen-bond donors (Lipinski definition) is 2. The van der Waals surface area contributed by atoms with Gasteiger partial charge >= 0.3 is 0 Å². The van der Waals surface area contributed by atoms with Gasteiger partial charge in [0.05, 0.1) is 12.2 Å². The Morgan fingerprint density at radius 1 is 1.00 bits per heavy atom. The van der Waals surface area contributed by atoms with Crippen LogP contribution in [0.25, 0.3) is 0 Å². The largest absolute Gasteiger partial charge is 0.382 e. The van der Waals surface area contributed by atoms with E-state index in [1.807, 2.05) is 0 Å². The topological polar surface area (TPSA) is 103 Å². The molecule has 1 aromatic heterocycles. The highest BCUT2D eigenvalue weighted by Crippen LogP contribution is 2.54. The first-order valence-corrected chi connectivity index (χ1v) is 7.48. The third kappa shape index (κ3) is 1.94. The first-order valence-electron chi connectivity index (χ1n) is 7.48. The Labute approximate surface area is 118 Å². The van der Waals surface area contributed by atoms with Crippen LogP contribution in [0.1, 0.15) is 32.1 Å². The van der Waals surface area contributed by atoms with Crippen LogP contribution in [0.5, 0.6) is 0 Å². The van der Waals surface area contributed by atoms with E-state index in [-0.39, 0.29) is 5.82 Å². The van der Waals surface area contributed by atoms with E-state index < -0.39 is 0 Å². The minimum Gasteiger partial charge on any atom is -0.382 e. The van der Waals surface area contributed by atoms with E-state index in [9.17, 15) is 0 Å². The van der Waals surface area contributed by atoms with Crippen molar-refractivity contribution in [3.8, 4) is 0 Å². The highest BCUT2D eigenvalue weighted by atomic mass is 15.2. The van der Waals surface area contributed by atoms with E-state index in [1.165, 1.54) is 38.3 Å². The van der Waals surface area contributed by atoms with Crippen LogP contribution in [-0.2, 0) is 0 Å². The summed E-state index contributed by atoms with van der Waals surface area (Å²) in [5.74, 6) is 4.31. The van der Waals surface area contributed by atoms with Crippen molar-refractivity contribution in [1.29, 1.82) is 0 Å². The molecule has 0 unspecified atom stereocenters. The van der Waals surface area contributed by atoms with Gasteiger partial charge < -0.3 is 11.5 Å². The summed E-state index contributed by atoms with van der Waals surface area (Å²) in [7, 11) is 0. The molecule has 0 saturated heterocycles. The van der Waals surface area contributed by atoms with E-state index in [1.54, 1.807) is 0 Å². The van der Waals surface area contributed by atoms with Crippen LogP contribution in [-0.4, -0.2) is 16.0 Å². The predicted octanol–water partition coefficient (Wildman–Crippen LogP) is 2.55. The van der Waals surface area contributed by atoms with Gasteiger partial charge in [0, 0.05) is 0 Å². The van der Waals surface area contributed by atoms with Gasteiger partial charge in [-0.05, 0) is 55.8 Å². The standard InChI is InChI=1S/C14H20N6/c15-11-6-17-14(13(16)18-11)20-19-12-9-2-7-1-8(4-9)5-10(12)3-7/h6-10,12H,1-5H2,(H4,15,16,18). The second kappa shape index (κ2) is 4.40. The van der Waals surface area contributed by atoms with Crippen molar-refractivity contribution in [3.05, 3.63) is 6.20 Å². The Hall–Kier alpha value is -1.72. The van der Waals surface area contributed by atoms with Crippen LogP contribution in [0, 0.1) is 23.7 Å². The molecule has 4 aliphatic carbocycles. The van der Waals surface area contributed by atoms with Crippen molar-refractivity contribution >= 4 is 17.5 Å². The molecule has 0 aromatic carbocycles. The van der Waals surface area contributed by atoms with E-state index in [0.29, 0.717) is 17.7 Å². The molecule has 0 aliphatic heterocycles. The summed E-state index contributed by atoms with van der Waals surface area (Å²) in [5, 5.41) is 8.85. The van der Waals surface area contributed by atoms with E-state index in [2.05, 4.69) is 20.2 Å². The Balaban J connectivity index is 1.55. The number of nitrogens with two attached hydrogens (primary N) is 2. The van der Waals surface area contributed by atoms with Gasteiger partial charge in [-0.15, -0.1) is 5.11 Å². The van der Waals surface area contributed by atoms with Gasteiger partial charge in [-0.25, -0.2) is 9.97 Å². The number of anilines is 2. The smallest absolute Gasteiger partial charge is 0.216 e. The highest BCUT2D eigenvalue weighted by molar-refractivity contribution is 5.53. The van der Waals surface area contributed by atoms with Gasteiger partial charge in [-0.2, -0.15) is 5.11 Å². The molecule has 0 atom stereocenters. The van der Waals surface area contributed by atoms with Crippen molar-refractivity contribution in [2.24, 2.45) is 33.9 Å². The lowest BCUT2D eigenvalue weighted by molar-refractivity contribution is -0.000959. The summed E-state index contributed by atoms with van der Waals surface area (Å²) in [6, 6.07) is 0.363. The molecule has 0 spiro atoms. The minimum atomic E-state index is 0.262. The molecule has 1 heterocycles. The fourth-order valence-electron chi connectivity index (χ4n) is 4.69. The average molecular weight is 272 g/mol. The van der Waals surface area contributed by atoms with E-state index >= 15 is 0 Å². The molecule has 5 rings (SSSR count). The number of nitrogens with zero attached hydrogens (tertiary/aromatic N) is 4. The number of rotatable bonds is 2. The van der Waals surface area contributed by atoms with Gasteiger partial charge in [-0.3, -0.25) is 0 Å². The SMILES string of the molecule is Nc1cnc(N=NC2C3CC4CC(C3)CC2C4)c(N)n1. The molecule has 0 radical (unpaired) electrons. The number of hydrogen-bond acceptors (Lipinski definition) is 6. The van der Waals surface area contributed by atoms with Crippen molar-refractivity contribution in [2.45, 2.75) is 38.1 Å². The minimum absolute atomic E-state index is 0.262. The lowest BCUT2D eigenvalue weighted by Crippen LogP contribution is -2.47. The monoisotopic (exact) mass is 272 g/mol. The Bertz CT molecular complexity index is 527. The molecule has 4 aliphatic rings. The van der Waals surface area contributed by atoms with Crippen LogP contribution in [0.15, 0.2) is 16.4 Å². The molecular weight excluding hydrogens is 252 g/mol. The predicted molar refractivity (Wildman–Crippen MR) is 76.2 cm³/mol. The fraction of sp³-hybridized carbons (Fsp3) is 0.714. The second-order valence-electron chi connectivity index (χ2n) is 6.64. The molecule has 6 nitrogen and oxygen atoms in total. The van der Waals surface area contributed by atoms with Gasteiger partial charge in [0.25, 0.3) is 0 Å². The van der Waals surface area contributed by atoms with Crippen molar-refractivity contribution in [2.75, 3.05) is 11.5 Å². The molecule has 4 N–H and O–H groups in total. The quantitative estimate of drug-likeness (QED) is 0.807. The maximum absolute atomic E-state index is 5.77. The molecule has 0 amide bonds. The van der Waals surface area contributed by atoms with Crippen LogP contribution >= 0.6 is 0 Å². The average Bonchev–Trinajstić information content (AvgIpc) is 2.39. The summed E-state index contributed by atoms with van der Waals surface area (Å²) >= 11 is 0. The van der Waals surface area contributed by atoms with Crippen molar-refractivity contribution in [1.82, 2.24) is 9.97 Å². The van der Waals surface area contributed by atoms with Crippen molar-refractivity contribution in [3.63, 3.8) is 0 Å². The second-order valence-corrected chi connectivity index (χ2v) is 6.64. The fourth-order valence-corrected chi connectivity index (χ4v) is 4.69.